The molecule has 0 aliphatic carbocycles. The van der Waals surface area contributed by atoms with E-state index in [4.69, 9.17) is 9.26 Å². The van der Waals surface area contributed by atoms with Crippen LogP contribution in [-0.2, 0) is 11.3 Å². The maximum atomic E-state index is 12.6. The highest BCUT2D eigenvalue weighted by Crippen LogP contribution is 2.35. The van der Waals surface area contributed by atoms with Crippen LogP contribution in [0.5, 0.6) is 5.75 Å². The predicted molar refractivity (Wildman–Crippen MR) is 79.3 cm³/mol. The first-order valence-corrected chi connectivity index (χ1v) is 7.63. The van der Waals surface area contributed by atoms with Crippen molar-refractivity contribution in [1.82, 2.24) is 10.5 Å². The fourth-order valence-electron chi connectivity index (χ4n) is 2.63. The molecule has 1 aromatic heterocycles. The van der Waals surface area contributed by atoms with Gasteiger partial charge in [0.15, 0.2) is 0 Å². The Balaban J connectivity index is 1.77. The van der Waals surface area contributed by atoms with Gasteiger partial charge in [0.2, 0.25) is 0 Å². The van der Waals surface area contributed by atoms with Crippen molar-refractivity contribution in [1.29, 1.82) is 0 Å². The summed E-state index contributed by atoms with van der Waals surface area (Å²) in [6, 6.07) is 5.84. The summed E-state index contributed by atoms with van der Waals surface area (Å²) in [5, 5.41) is 7.07. The molecule has 5 nitrogen and oxygen atoms in total. The van der Waals surface area contributed by atoms with Crippen LogP contribution in [0.4, 0.5) is 13.2 Å². The van der Waals surface area contributed by atoms with Crippen LogP contribution in [0.1, 0.15) is 18.4 Å². The summed E-state index contributed by atoms with van der Waals surface area (Å²) >= 11 is 0. The summed E-state index contributed by atoms with van der Waals surface area (Å²) in [7, 11) is 0. The van der Waals surface area contributed by atoms with E-state index in [1.165, 1.54) is 24.5 Å². The number of piperidine rings is 1. The van der Waals surface area contributed by atoms with Crippen LogP contribution in [0.2, 0.25) is 0 Å². The minimum atomic E-state index is -4.77. The molecular formula is C16H17F3N2O3. The van der Waals surface area contributed by atoms with Gasteiger partial charge in [-0.3, -0.25) is 0 Å². The largest absolute Gasteiger partial charge is 0.573 e. The Kier molecular flexibility index (Phi) is 5.06. The van der Waals surface area contributed by atoms with Crippen molar-refractivity contribution in [2.45, 2.75) is 31.9 Å². The molecule has 0 radical (unpaired) electrons. The Labute approximate surface area is 136 Å². The van der Waals surface area contributed by atoms with Crippen LogP contribution in [-0.4, -0.2) is 30.7 Å². The molecule has 1 N–H and O–H groups in total. The second-order valence-corrected chi connectivity index (χ2v) is 5.49. The molecule has 0 spiro atoms. The SMILES string of the molecule is FC(F)(F)Oc1ccccc1-c1nocc1COC1CCNCC1. The van der Waals surface area contributed by atoms with Gasteiger partial charge in [-0.2, -0.15) is 0 Å². The molecule has 2 aromatic rings. The summed E-state index contributed by atoms with van der Waals surface area (Å²) in [4.78, 5) is 0. The number of ether oxygens (including phenoxy) is 2. The van der Waals surface area contributed by atoms with Crippen molar-refractivity contribution in [3.8, 4) is 17.0 Å². The van der Waals surface area contributed by atoms with Crippen molar-refractivity contribution in [3.05, 3.63) is 36.1 Å². The van der Waals surface area contributed by atoms with Crippen LogP contribution in [0.3, 0.4) is 0 Å². The summed E-state index contributed by atoms with van der Waals surface area (Å²) in [5.74, 6) is -0.318. The molecule has 0 unspecified atom stereocenters. The van der Waals surface area contributed by atoms with E-state index in [0.29, 0.717) is 11.3 Å². The lowest BCUT2D eigenvalue weighted by atomic mass is 10.1. The molecule has 1 fully saturated rings. The Morgan fingerprint density at radius 2 is 1.96 bits per heavy atom. The lowest BCUT2D eigenvalue weighted by Gasteiger charge is -2.22. The standard InChI is InChI=1S/C16H17F3N2O3/c17-16(18,19)24-14-4-2-1-3-13(14)15-11(10-23-21-15)9-22-12-5-7-20-8-6-12/h1-4,10,12,20H,5-9H2. The van der Waals surface area contributed by atoms with E-state index in [1.807, 2.05) is 0 Å². The molecule has 1 aromatic carbocycles. The zero-order valence-electron chi connectivity index (χ0n) is 12.8. The molecule has 0 bridgehead atoms. The fraction of sp³-hybridized carbons (Fsp3) is 0.438. The van der Waals surface area contributed by atoms with Gasteiger partial charge in [-0.1, -0.05) is 17.3 Å². The molecule has 24 heavy (non-hydrogen) atoms. The van der Waals surface area contributed by atoms with E-state index >= 15 is 0 Å². The normalized spacial score (nSPS) is 16.3. The topological polar surface area (TPSA) is 56.5 Å². The van der Waals surface area contributed by atoms with Gasteiger partial charge in [0.25, 0.3) is 0 Å². The van der Waals surface area contributed by atoms with Gasteiger partial charge in [-0.25, -0.2) is 0 Å². The van der Waals surface area contributed by atoms with Gasteiger partial charge in [-0.15, -0.1) is 13.2 Å². The van der Waals surface area contributed by atoms with E-state index in [2.05, 4.69) is 15.2 Å². The second kappa shape index (κ2) is 7.23. The number of nitrogens with zero attached hydrogens (tertiary/aromatic N) is 1. The average molecular weight is 342 g/mol. The maximum absolute atomic E-state index is 12.6. The number of alkyl halides is 3. The Hall–Kier alpha value is -2.06. The third-order valence-corrected chi connectivity index (χ3v) is 3.77. The zero-order chi connectivity index (χ0) is 17.0. The highest BCUT2D eigenvalue weighted by atomic mass is 19.4. The third-order valence-electron chi connectivity index (χ3n) is 3.77. The first kappa shape index (κ1) is 16.8. The molecule has 0 amide bonds. The van der Waals surface area contributed by atoms with Crippen molar-refractivity contribution >= 4 is 0 Å². The van der Waals surface area contributed by atoms with Crippen molar-refractivity contribution in [2.24, 2.45) is 0 Å². The van der Waals surface area contributed by atoms with E-state index in [0.717, 1.165) is 25.9 Å². The molecule has 3 rings (SSSR count). The minimum Gasteiger partial charge on any atom is -0.405 e. The Bertz CT molecular complexity index is 667. The van der Waals surface area contributed by atoms with Gasteiger partial charge in [0, 0.05) is 11.1 Å². The summed E-state index contributed by atoms with van der Waals surface area (Å²) in [6.07, 6.45) is -1.47. The van der Waals surface area contributed by atoms with Crippen LogP contribution in [0.15, 0.2) is 35.1 Å². The number of hydrogen-bond donors (Lipinski definition) is 1. The van der Waals surface area contributed by atoms with E-state index in [-0.39, 0.29) is 24.0 Å². The molecular weight excluding hydrogens is 325 g/mol. The van der Waals surface area contributed by atoms with Crippen LogP contribution < -0.4 is 10.1 Å². The van der Waals surface area contributed by atoms with Gasteiger partial charge < -0.3 is 19.3 Å². The maximum Gasteiger partial charge on any atom is 0.573 e. The number of aromatic nitrogens is 1. The Morgan fingerprint density at radius 3 is 2.71 bits per heavy atom. The first-order chi connectivity index (χ1) is 11.5. The smallest absolute Gasteiger partial charge is 0.405 e. The third kappa shape index (κ3) is 4.27. The Morgan fingerprint density at radius 1 is 1.21 bits per heavy atom. The summed E-state index contributed by atoms with van der Waals surface area (Å²) in [6.45, 7) is 2.01. The van der Waals surface area contributed by atoms with Crippen molar-refractivity contribution in [2.75, 3.05) is 13.1 Å². The van der Waals surface area contributed by atoms with Gasteiger partial charge >= 0.3 is 6.36 Å². The quantitative estimate of drug-likeness (QED) is 0.901. The van der Waals surface area contributed by atoms with Crippen LogP contribution >= 0.6 is 0 Å². The lowest BCUT2D eigenvalue weighted by Crippen LogP contribution is -2.32. The molecule has 2 heterocycles. The highest BCUT2D eigenvalue weighted by molar-refractivity contribution is 5.69. The number of para-hydroxylation sites is 1. The molecule has 1 aliphatic heterocycles. The number of halogens is 3. The van der Waals surface area contributed by atoms with Crippen LogP contribution in [0, 0.1) is 0 Å². The van der Waals surface area contributed by atoms with Crippen LogP contribution in [0.25, 0.3) is 11.3 Å². The lowest BCUT2D eigenvalue weighted by molar-refractivity contribution is -0.274. The molecule has 0 atom stereocenters. The van der Waals surface area contributed by atoms with E-state index < -0.39 is 6.36 Å². The first-order valence-electron chi connectivity index (χ1n) is 7.63. The second-order valence-electron chi connectivity index (χ2n) is 5.49. The predicted octanol–water partition coefficient (Wildman–Crippen LogP) is 3.51. The number of nitrogens with one attached hydrogen (secondary N) is 1. The molecule has 1 saturated heterocycles. The zero-order valence-corrected chi connectivity index (χ0v) is 12.8. The van der Waals surface area contributed by atoms with Crippen molar-refractivity contribution < 1.29 is 27.2 Å². The van der Waals surface area contributed by atoms with Gasteiger partial charge in [0.05, 0.1) is 12.7 Å². The summed E-state index contributed by atoms with van der Waals surface area (Å²) < 4.78 is 52.5. The number of hydrogen-bond acceptors (Lipinski definition) is 5. The molecule has 1 aliphatic rings. The average Bonchev–Trinajstić information content (AvgIpc) is 3.01. The van der Waals surface area contributed by atoms with E-state index in [1.54, 1.807) is 6.07 Å². The highest BCUT2D eigenvalue weighted by Gasteiger charge is 2.32. The minimum absolute atomic E-state index is 0.121. The van der Waals surface area contributed by atoms with E-state index in [9.17, 15) is 13.2 Å². The van der Waals surface area contributed by atoms with Crippen molar-refractivity contribution in [3.63, 3.8) is 0 Å². The number of rotatable bonds is 5. The van der Waals surface area contributed by atoms with Gasteiger partial charge in [-0.05, 0) is 38.1 Å². The molecule has 8 heteroatoms. The van der Waals surface area contributed by atoms with Gasteiger partial charge in [0.1, 0.15) is 17.7 Å². The molecule has 0 saturated carbocycles. The monoisotopic (exact) mass is 342 g/mol. The fourth-order valence-corrected chi connectivity index (χ4v) is 2.63. The molecule has 130 valence electrons. The number of benzene rings is 1. The summed E-state index contributed by atoms with van der Waals surface area (Å²) in [5.41, 5.74) is 1.10.